The molecular formula is C15H13NO2. The minimum Gasteiger partial charge on any atom is -0.456 e. The molecule has 0 unspecified atom stereocenters. The molecule has 0 spiro atoms. The van der Waals surface area contributed by atoms with Gasteiger partial charge in [0.05, 0.1) is 5.69 Å². The Morgan fingerprint density at radius 3 is 2.61 bits per heavy atom. The summed E-state index contributed by atoms with van der Waals surface area (Å²) in [5.74, 6) is -0.371. The van der Waals surface area contributed by atoms with Crippen molar-refractivity contribution in [3.63, 3.8) is 0 Å². The van der Waals surface area contributed by atoms with Gasteiger partial charge < -0.3 is 4.74 Å². The van der Waals surface area contributed by atoms with Crippen molar-refractivity contribution in [3.05, 3.63) is 72.1 Å². The van der Waals surface area contributed by atoms with E-state index < -0.39 is 0 Å². The maximum absolute atomic E-state index is 11.5. The molecular weight excluding hydrogens is 226 g/mol. The van der Waals surface area contributed by atoms with E-state index in [1.165, 1.54) is 6.08 Å². The molecule has 1 aromatic heterocycles. The molecule has 3 nitrogen and oxygen atoms in total. The van der Waals surface area contributed by atoms with Gasteiger partial charge in [-0.25, -0.2) is 4.79 Å². The van der Waals surface area contributed by atoms with Crippen molar-refractivity contribution >= 4 is 12.0 Å². The normalized spacial score (nSPS) is 10.4. The molecule has 18 heavy (non-hydrogen) atoms. The van der Waals surface area contributed by atoms with Crippen LogP contribution in [0.4, 0.5) is 0 Å². The third kappa shape index (κ3) is 3.87. The first kappa shape index (κ1) is 12.0. The monoisotopic (exact) mass is 239 g/mol. The number of carbonyl (C=O) groups excluding carboxylic acids is 1. The van der Waals surface area contributed by atoms with Gasteiger partial charge in [-0.05, 0) is 23.8 Å². The molecule has 3 heteroatoms. The highest BCUT2D eigenvalue weighted by Crippen LogP contribution is 2.02. The van der Waals surface area contributed by atoms with Crippen molar-refractivity contribution < 1.29 is 9.53 Å². The van der Waals surface area contributed by atoms with E-state index in [0.717, 1.165) is 11.3 Å². The van der Waals surface area contributed by atoms with Crippen LogP contribution in [-0.4, -0.2) is 11.0 Å². The molecule has 0 saturated carbocycles. The number of nitrogens with zero attached hydrogens (tertiary/aromatic N) is 1. The number of rotatable bonds is 4. The Bertz CT molecular complexity index is 521. The molecule has 0 saturated heterocycles. The van der Waals surface area contributed by atoms with Crippen LogP contribution in [0.15, 0.2) is 60.8 Å². The number of hydrogen-bond acceptors (Lipinski definition) is 3. The first-order valence-electron chi connectivity index (χ1n) is 5.64. The van der Waals surface area contributed by atoms with Crippen LogP contribution in [-0.2, 0) is 16.1 Å². The van der Waals surface area contributed by atoms with Crippen molar-refractivity contribution in [1.82, 2.24) is 4.98 Å². The summed E-state index contributed by atoms with van der Waals surface area (Å²) < 4.78 is 5.06. The zero-order chi connectivity index (χ0) is 12.6. The van der Waals surface area contributed by atoms with Crippen LogP contribution in [0.1, 0.15) is 11.3 Å². The molecule has 0 aliphatic heterocycles. The summed E-state index contributed by atoms with van der Waals surface area (Å²) >= 11 is 0. The van der Waals surface area contributed by atoms with E-state index in [1.807, 2.05) is 48.5 Å². The van der Waals surface area contributed by atoms with E-state index in [2.05, 4.69) is 4.98 Å². The lowest BCUT2D eigenvalue weighted by atomic mass is 10.2. The van der Waals surface area contributed by atoms with Gasteiger partial charge in [-0.2, -0.15) is 0 Å². The summed E-state index contributed by atoms with van der Waals surface area (Å²) in [5.41, 5.74) is 1.70. The molecule has 90 valence electrons. The maximum Gasteiger partial charge on any atom is 0.331 e. The van der Waals surface area contributed by atoms with Crippen LogP contribution >= 0.6 is 0 Å². The van der Waals surface area contributed by atoms with Gasteiger partial charge in [-0.15, -0.1) is 0 Å². The molecule has 2 aromatic rings. The predicted molar refractivity (Wildman–Crippen MR) is 69.5 cm³/mol. The zero-order valence-corrected chi connectivity index (χ0v) is 9.82. The maximum atomic E-state index is 11.5. The Kier molecular flexibility index (Phi) is 4.25. The fraction of sp³-hybridized carbons (Fsp3) is 0.0667. The Hall–Kier alpha value is -2.42. The number of pyridine rings is 1. The number of carbonyl (C=O) groups is 1. The SMILES string of the molecule is O=C(/C=C/c1ccccc1)OCc1ccccn1. The number of ether oxygens (including phenoxy) is 1. The second-order valence-electron chi connectivity index (χ2n) is 3.67. The summed E-state index contributed by atoms with van der Waals surface area (Å²) in [6.45, 7) is 0.193. The van der Waals surface area contributed by atoms with Crippen molar-refractivity contribution in [3.8, 4) is 0 Å². The van der Waals surface area contributed by atoms with E-state index >= 15 is 0 Å². The number of benzene rings is 1. The average Bonchev–Trinajstić information content (AvgIpc) is 2.45. The van der Waals surface area contributed by atoms with Gasteiger partial charge in [0.2, 0.25) is 0 Å². The average molecular weight is 239 g/mol. The smallest absolute Gasteiger partial charge is 0.331 e. The summed E-state index contributed by atoms with van der Waals surface area (Å²) in [7, 11) is 0. The number of esters is 1. The van der Waals surface area contributed by atoms with Crippen LogP contribution in [0.3, 0.4) is 0 Å². The van der Waals surface area contributed by atoms with E-state index in [1.54, 1.807) is 12.3 Å². The minimum absolute atomic E-state index is 0.193. The first-order valence-corrected chi connectivity index (χ1v) is 5.64. The molecule has 0 aliphatic rings. The van der Waals surface area contributed by atoms with Gasteiger partial charge >= 0.3 is 5.97 Å². The largest absolute Gasteiger partial charge is 0.456 e. The van der Waals surface area contributed by atoms with Crippen LogP contribution in [0, 0.1) is 0 Å². The fourth-order valence-electron chi connectivity index (χ4n) is 1.41. The fourth-order valence-corrected chi connectivity index (χ4v) is 1.41. The number of aromatic nitrogens is 1. The standard InChI is InChI=1S/C15H13NO2/c17-15(10-9-13-6-2-1-3-7-13)18-12-14-8-4-5-11-16-14/h1-11H,12H2/b10-9+. The first-order chi connectivity index (χ1) is 8.84. The van der Waals surface area contributed by atoms with Gasteiger partial charge in [0, 0.05) is 12.3 Å². The molecule has 0 amide bonds. The zero-order valence-electron chi connectivity index (χ0n) is 9.82. The third-order valence-corrected chi connectivity index (χ3v) is 2.30. The molecule has 0 atom stereocenters. The van der Waals surface area contributed by atoms with Gasteiger partial charge in [0.1, 0.15) is 6.61 Å². The second-order valence-corrected chi connectivity index (χ2v) is 3.67. The molecule has 1 heterocycles. The molecule has 0 bridgehead atoms. The quantitative estimate of drug-likeness (QED) is 0.608. The molecule has 0 fully saturated rings. The molecule has 2 rings (SSSR count). The molecule has 0 N–H and O–H groups in total. The summed E-state index contributed by atoms with van der Waals surface area (Å²) in [6.07, 6.45) is 4.81. The number of hydrogen-bond donors (Lipinski definition) is 0. The topological polar surface area (TPSA) is 39.2 Å². The molecule has 0 radical (unpaired) electrons. The van der Waals surface area contributed by atoms with E-state index in [0.29, 0.717) is 0 Å². The van der Waals surface area contributed by atoms with Crippen LogP contribution in [0.25, 0.3) is 6.08 Å². The summed E-state index contributed by atoms with van der Waals surface area (Å²) in [6, 6.07) is 15.1. The van der Waals surface area contributed by atoms with Crippen molar-refractivity contribution in [2.45, 2.75) is 6.61 Å². The Morgan fingerprint density at radius 1 is 1.11 bits per heavy atom. The summed E-state index contributed by atoms with van der Waals surface area (Å²) in [4.78, 5) is 15.5. The Morgan fingerprint density at radius 2 is 1.89 bits per heavy atom. The van der Waals surface area contributed by atoms with Gasteiger partial charge in [0.25, 0.3) is 0 Å². The van der Waals surface area contributed by atoms with Crippen molar-refractivity contribution in [2.24, 2.45) is 0 Å². The molecule has 0 aliphatic carbocycles. The lowest BCUT2D eigenvalue weighted by Crippen LogP contribution is -2.01. The highest BCUT2D eigenvalue weighted by Gasteiger charge is 1.98. The molecule has 1 aromatic carbocycles. The second kappa shape index (κ2) is 6.35. The third-order valence-electron chi connectivity index (χ3n) is 2.30. The Labute approximate surface area is 106 Å². The highest BCUT2D eigenvalue weighted by molar-refractivity contribution is 5.86. The predicted octanol–water partition coefficient (Wildman–Crippen LogP) is 2.84. The summed E-state index contributed by atoms with van der Waals surface area (Å²) in [5, 5.41) is 0. The van der Waals surface area contributed by atoms with Crippen LogP contribution < -0.4 is 0 Å². The van der Waals surface area contributed by atoms with E-state index in [9.17, 15) is 4.79 Å². The lowest BCUT2D eigenvalue weighted by Gasteiger charge is -2.00. The van der Waals surface area contributed by atoms with Gasteiger partial charge in [-0.3, -0.25) is 4.98 Å². The lowest BCUT2D eigenvalue weighted by molar-refractivity contribution is -0.139. The van der Waals surface area contributed by atoms with Crippen LogP contribution in [0.5, 0.6) is 0 Å². The van der Waals surface area contributed by atoms with Crippen LogP contribution in [0.2, 0.25) is 0 Å². The van der Waals surface area contributed by atoms with E-state index in [-0.39, 0.29) is 12.6 Å². The van der Waals surface area contributed by atoms with Crippen molar-refractivity contribution in [1.29, 1.82) is 0 Å². The van der Waals surface area contributed by atoms with Gasteiger partial charge in [-0.1, -0.05) is 36.4 Å². The van der Waals surface area contributed by atoms with Gasteiger partial charge in [0.15, 0.2) is 0 Å². The highest BCUT2D eigenvalue weighted by atomic mass is 16.5. The minimum atomic E-state index is -0.371. The van der Waals surface area contributed by atoms with E-state index in [4.69, 9.17) is 4.74 Å². The van der Waals surface area contributed by atoms with Crippen molar-refractivity contribution in [2.75, 3.05) is 0 Å². The Balaban J connectivity index is 1.84.